The number of hydrogen-bond acceptors (Lipinski definition) is 3. The Morgan fingerprint density at radius 3 is 2.91 bits per heavy atom. The fourth-order valence-corrected chi connectivity index (χ4v) is 3.01. The molecule has 0 bridgehead atoms. The van der Waals surface area contributed by atoms with Gasteiger partial charge in [-0.3, -0.25) is 9.59 Å². The molecule has 1 aliphatic rings. The standard InChI is InChI=1S/C17H23FN2O3/c1-12-4-3-7-20(15(12)11-21)17(23)10-19-16(22)9-13-5-2-6-14(18)8-13/h2,5-6,8,12,15,21H,3-4,7,9-11H2,1H3,(H,19,22). The maximum Gasteiger partial charge on any atom is 0.242 e. The molecule has 2 N–H and O–H groups in total. The largest absolute Gasteiger partial charge is 0.394 e. The summed E-state index contributed by atoms with van der Waals surface area (Å²) in [5.74, 6) is -0.655. The van der Waals surface area contributed by atoms with Crippen LogP contribution in [0.4, 0.5) is 4.39 Å². The Kier molecular flexibility index (Phi) is 6.10. The molecule has 0 aromatic heterocycles. The quantitative estimate of drug-likeness (QED) is 0.853. The Morgan fingerprint density at radius 2 is 2.22 bits per heavy atom. The Bertz CT molecular complexity index is 565. The molecule has 0 spiro atoms. The predicted octanol–water partition coefficient (Wildman–Crippen LogP) is 1.10. The second-order valence-corrected chi connectivity index (χ2v) is 6.04. The molecule has 1 aromatic rings. The molecule has 0 radical (unpaired) electrons. The van der Waals surface area contributed by atoms with Gasteiger partial charge in [0.1, 0.15) is 5.82 Å². The zero-order chi connectivity index (χ0) is 16.8. The van der Waals surface area contributed by atoms with E-state index < -0.39 is 0 Å². The SMILES string of the molecule is CC1CCCN(C(=O)CNC(=O)Cc2cccc(F)c2)C1CO. The summed E-state index contributed by atoms with van der Waals surface area (Å²) in [5.41, 5.74) is 0.565. The van der Waals surface area contributed by atoms with Crippen LogP contribution in [0.25, 0.3) is 0 Å². The van der Waals surface area contributed by atoms with E-state index in [4.69, 9.17) is 0 Å². The number of hydrogen-bond donors (Lipinski definition) is 2. The molecule has 5 nitrogen and oxygen atoms in total. The molecular weight excluding hydrogens is 299 g/mol. The highest BCUT2D eigenvalue weighted by molar-refractivity contribution is 5.86. The van der Waals surface area contributed by atoms with Crippen molar-refractivity contribution < 1.29 is 19.1 Å². The minimum Gasteiger partial charge on any atom is -0.394 e. The van der Waals surface area contributed by atoms with Crippen LogP contribution < -0.4 is 5.32 Å². The van der Waals surface area contributed by atoms with Crippen molar-refractivity contribution in [1.29, 1.82) is 0 Å². The topological polar surface area (TPSA) is 69.6 Å². The van der Waals surface area contributed by atoms with Crippen molar-refractivity contribution in [2.45, 2.75) is 32.2 Å². The van der Waals surface area contributed by atoms with E-state index in [1.165, 1.54) is 12.1 Å². The van der Waals surface area contributed by atoms with Crippen LogP contribution in [-0.2, 0) is 16.0 Å². The highest BCUT2D eigenvalue weighted by Crippen LogP contribution is 2.22. The van der Waals surface area contributed by atoms with Gasteiger partial charge in [-0.2, -0.15) is 0 Å². The molecule has 2 unspecified atom stereocenters. The molecule has 1 saturated heterocycles. The Morgan fingerprint density at radius 1 is 1.43 bits per heavy atom. The van der Waals surface area contributed by atoms with Gasteiger partial charge in [-0.25, -0.2) is 4.39 Å². The van der Waals surface area contributed by atoms with Crippen LogP contribution in [0.15, 0.2) is 24.3 Å². The summed E-state index contributed by atoms with van der Waals surface area (Å²) in [5, 5.41) is 12.0. The molecule has 1 fully saturated rings. The summed E-state index contributed by atoms with van der Waals surface area (Å²) in [6, 6.07) is 5.65. The molecule has 0 saturated carbocycles. The average molecular weight is 322 g/mol. The number of carbonyl (C=O) groups excluding carboxylic acids is 2. The first-order chi connectivity index (χ1) is 11.0. The number of aliphatic hydroxyl groups excluding tert-OH is 1. The molecule has 23 heavy (non-hydrogen) atoms. The zero-order valence-corrected chi connectivity index (χ0v) is 13.3. The predicted molar refractivity (Wildman–Crippen MR) is 84.1 cm³/mol. The van der Waals surface area contributed by atoms with Crippen molar-refractivity contribution in [3.8, 4) is 0 Å². The number of carbonyl (C=O) groups is 2. The van der Waals surface area contributed by atoms with Gasteiger partial charge >= 0.3 is 0 Å². The van der Waals surface area contributed by atoms with Crippen molar-refractivity contribution in [3.63, 3.8) is 0 Å². The lowest BCUT2D eigenvalue weighted by atomic mass is 9.91. The molecule has 126 valence electrons. The van der Waals surface area contributed by atoms with Crippen molar-refractivity contribution in [2.75, 3.05) is 19.7 Å². The number of amides is 2. The fraction of sp³-hybridized carbons (Fsp3) is 0.529. The summed E-state index contributed by atoms with van der Waals surface area (Å²) >= 11 is 0. The Hall–Kier alpha value is -1.95. The van der Waals surface area contributed by atoms with Gasteiger partial charge in [0.05, 0.1) is 25.6 Å². The number of nitrogens with zero attached hydrogens (tertiary/aromatic N) is 1. The third-order valence-electron chi connectivity index (χ3n) is 4.31. The summed E-state index contributed by atoms with van der Waals surface area (Å²) in [6.45, 7) is 2.46. The van der Waals surface area contributed by atoms with Gasteiger partial charge in [0.25, 0.3) is 0 Å². The molecule has 1 aromatic carbocycles. The van der Waals surface area contributed by atoms with Gasteiger partial charge in [-0.15, -0.1) is 0 Å². The number of piperidine rings is 1. The first-order valence-corrected chi connectivity index (χ1v) is 7.92. The number of likely N-dealkylation sites (tertiary alicyclic amines) is 1. The fourth-order valence-electron chi connectivity index (χ4n) is 3.01. The van der Waals surface area contributed by atoms with Crippen LogP contribution in [0.1, 0.15) is 25.3 Å². The first-order valence-electron chi connectivity index (χ1n) is 7.92. The van der Waals surface area contributed by atoms with Crippen LogP contribution in [-0.4, -0.2) is 47.6 Å². The molecule has 1 aliphatic heterocycles. The third-order valence-corrected chi connectivity index (χ3v) is 4.31. The van der Waals surface area contributed by atoms with E-state index in [1.54, 1.807) is 17.0 Å². The third kappa shape index (κ3) is 4.76. The maximum absolute atomic E-state index is 13.1. The number of halogens is 1. The van der Waals surface area contributed by atoms with E-state index in [2.05, 4.69) is 5.32 Å². The van der Waals surface area contributed by atoms with E-state index in [1.807, 2.05) is 6.92 Å². The van der Waals surface area contributed by atoms with Crippen molar-refractivity contribution in [1.82, 2.24) is 10.2 Å². The zero-order valence-electron chi connectivity index (χ0n) is 13.3. The number of aliphatic hydroxyl groups is 1. The normalized spacial score (nSPS) is 21.1. The van der Waals surface area contributed by atoms with Gasteiger partial charge in [-0.05, 0) is 36.5 Å². The minimum absolute atomic E-state index is 0.0326. The lowest BCUT2D eigenvalue weighted by Gasteiger charge is -2.39. The van der Waals surface area contributed by atoms with E-state index >= 15 is 0 Å². The van der Waals surface area contributed by atoms with Crippen LogP contribution in [0.5, 0.6) is 0 Å². The minimum atomic E-state index is -0.389. The van der Waals surface area contributed by atoms with Crippen LogP contribution >= 0.6 is 0 Å². The van der Waals surface area contributed by atoms with E-state index in [9.17, 15) is 19.1 Å². The van der Waals surface area contributed by atoms with Crippen LogP contribution in [0, 0.1) is 11.7 Å². The molecule has 1 heterocycles. The van der Waals surface area contributed by atoms with Gasteiger partial charge in [-0.1, -0.05) is 19.1 Å². The van der Waals surface area contributed by atoms with E-state index in [0.717, 1.165) is 12.8 Å². The summed E-state index contributed by atoms with van der Waals surface area (Å²) in [7, 11) is 0. The van der Waals surface area contributed by atoms with Gasteiger partial charge < -0.3 is 15.3 Å². The van der Waals surface area contributed by atoms with Crippen molar-refractivity contribution >= 4 is 11.8 Å². The number of benzene rings is 1. The monoisotopic (exact) mass is 322 g/mol. The molecule has 2 amide bonds. The van der Waals surface area contributed by atoms with Crippen LogP contribution in [0.2, 0.25) is 0 Å². The lowest BCUT2D eigenvalue weighted by molar-refractivity contribution is -0.138. The highest BCUT2D eigenvalue weighted by Gasteiger charge is 2.31. The summed E-state index contributed by atoms with van der Waals surface area (Å²) in [4.78, 5) is 25.8. The molecule has 6 heteroatoms. The second kappa shape index (κ2) is 8.06. The summed E-state index contributed by atoms with van der Waals surface area (Å²) in [6.07, 6.45) is 1.92. The Balaban J connectivity index is 1.84. The number of rotatable bonds is 5. The first kappa shape index (κ1) is 17.4. The molecule has 2 atom stereocenters. The number of nitrogens with one attached hydrogen (secondary N) is 1. The second-order valence-electron chi connectivity index (χ2n) is 6.04. The molecule has 2 rings (SSSR count). The van der Waals surface area contributed by atoms with E-state index in [-0.39, 0.29) is 49.2 Å². The van der Waals surface area contributed by atoms with E-state index in [0.29, 0.717) is 12.1 Å². The molecule has 0 aliphatic carbocycles. The summed E-state index contributed by atoms with van der Waals surface area (Å²) < 4.78 is 13.1. The molecular formula is C17H23FN2O3. The van der Waals surface area contributed by atoms with Crippen molar-refractivity contribution in [3.05, 3.63) is 35.6 Å². The average Bonchev–Trinajstić information content (AvgIpc) is 2.52. The Labute approximate surface area is 135 Å². The van der Waals surface area contributed by atoms with Gasteiger partial charge in [0.15, 0.2) is 0 Å². The lowest BCUT2D eigenvalue weighted by Crippen LogP contribution is -2.52. The van der Waals surface area contributed by atoms with Gasteiger partial charge in [0.2, 0.25) is 11.8 Å². The van der Waals surface area contributed by atoms with Crippen molar-refractivity contribution in [2.24, 2.45) is 5.92 Å². The smallest absolute Gasteiger partial charge is 0.242 e. The maximum atomic E-state index is 13.1. The highest BCUT2D eigenvalue weighted by atomic mass is 19.1. The van der Waals surface area contributed by atoms with Crippen LogP contribution in [0.3, 0.4) is 0 Å². The van der Waals surface area contributed by atoms with Gasteiger partial charge in [0, 0.05) is 6.54 Å².